The van der Waals surface area contributed by atoms with Gasteiger partial charge in [0, 0.05) is 0 Å². The Bertz CT molecular complexity index is 508. The van der Waals surface area contributed by atoms with Gasteiger partial charge in [0.2, 0.25) is 0 Å². The molecule has 2 N–H and O–H groups in total. The fraction of sp³-hybridized carbons (Fsp3) is 0.0909. The number of carbonyl (C=O) groups excluding carboxylic acids is 1. The number of benzene rings is 1. The Labute approximate surface area is 102 Å². The number of nitrogens with zero attached hydrogens (tertiary/aromatic N) is 1. The zero-order valence-corrected chi connectivity index (χ0v) is 10.3. The van der Waals surface area contributed by atoms with Crippen molar-refractivity contribution in [1.29, 1.82) is 0 Å². The standard InChI is InChI=1S/C11H10N2OS2/c1-15-11-8(10(12)14)9(16-13-11)7-5-3-2-4-6-7/h2-6H,1H3,(H2,12,14). The molecule has 0 saturated heterocycles. The largest absolute Gasteiger partial charge is 0.365 e. The van der Waals surface area contributed by atoms with Crippen molar-refractivity contribution < 1.29 is 4.79 Å². The highest BCUT2D eigenvalue weighted by Crippen LogP contribution is 2.33. The van der Waals surface area contributed by atoms with Crippen molar-refractivity contribution >= 4 is 29.2 Å². The maximum Gasteiger partial charge on any atom is 0.253 e. The van der Waals surface area contributed by atoms with E-state index in [1.165, 1.54) is 23.3 Å². The number of rotatable bonds is 3. The smallest absolute Gasteiger partial charge is 0.253 e. The third-order valence-corrected chi connectivity index (χ3v) is 3.83. The van der Waals surface area contributed by atoms with Crippen molar-refractivity contribution in [2.75, 3.05) is 6.26 Å². The Morgan fingerprint density at radius 2 is 2.06 bits per heavy atom. The Balaban J connectivity index is 2.58. The number of carbonyl (C=O) groups is 1. The number of amides is 1. The maximum absolute atomic E-state index is 11.4. The maximum atomic E-state index is 11.4. The van der Waals surface area contributed by atoms with Crippen molar-refractivity contribution in [3.05, 3.63) is 35.9 Å². The molecule has 0 unspecified atom stereocenters. The van der Waals surface area contributed by atoms with Crippen LogP contribution in [0, 0.1) is 0 Å². The zero-order chi connectivity index (χ0) is 11.5. The summed E-state index contributed by atoms with van der Waals surface area (Å²) in [5, 5.41) is 0.705. The number of thioether (sulfide) groups is 1. The quantitative estimate of drug-likeness (QED) is 0.852. The van der Waals surface area contributed by atoms with Crippen LogP contribution in [0.5, 0.6) is 0 Å². The van der Waals surface area contributed by atoms with Crippen LogP contribution in [-0.4, -0.2) is 16.5 Å². The summed E-state index contributed by atoms with van der Waals surface area (Å²) in [6.45, 7) is 0. The van der Waals surface area contributed by atoms with Crippen LogP contribution in [0.3, 0.4) is 0 Å². The molecule has 5 heteroatoms. The van der Waals surface area contributed by atoms with Crippen molar-refractivity contribution in [2.24, 2.45) is 5.73 Å². The van der Waals surface area contributed by atoms with Crippen LogP contribution >= 0.6 is 23.3 Å². The summed E-state index contributed by atoms with van der Waals surface area (Å²) >= 11 is 2.75. The van der Waals surface area contributed by atoms with Crippen LogP contribution in [-0.2, 0) is 0 Å². The third-order valence-electron chi connectivity index (χ3n) is 2.14. The predicted octanol–water partition coefficient (Wildman–Crippen LogP) is 2.63. The number of hydrogen-bond acceptors (Lipinski definition) is 4. The van der Waals surface area contributed by atoms with Crippen LogP contribution in [0.2, 0.25) is 0 Å². The summed E-state index contributed by atoms with van der Waals surface area (Å²) in [7, 11) is 0. The van der Waals surface area contributed by atoms with Gasteiger partial charge in [0.25, 0.3) is 5.91 Å². The minimum Gasteiger partial charge on any atom is -0.365 e. The first kappa shape index (κ1) is 11.2. The van der Waals surface area contributed by atoms with E-state index in [4.69, 9.17) is 5.73 Å². The van der Waals surface area contributed by atoms with Crippen molar-refractivity contribution in [2.45, 2.75) is 5.03 Å². The lowest BCUT2D eigenvalue weighted by atomic mass is 10.1. The molecule has 0 aliphatic carbocycles. The van der Waals surface area contributed by atoms with Gasteiger partial charge in [-0.1, -0.05) is 30.3 Å². The Kier molecular flexibility index (Phi) is 3.26. The second-order valence-corrected chi connectivity index (χ2v) is 4.69. The molecule has 2 aromatic rings. The number of primary amides is 1. The van der Waals surface area contributed by atoms with Gasteiger partial charge in [0.1, 0.15) is 5.03 Å². The third kappa shape index (κ3) is 1.96. The zero-order valence-electron chi connectivity index (χ0n) is 8.64. The van der Waals surface area contributed by atoms with Crippen molar-refractivity contribution in [3.63, 3.8) is 0 Å². The molecule has 1 amide bonds. The first-order valence-corrected chi connectivity index (χ1v) is 6.62. The summed E-state index contributed by atoms with van der Waals surface area (Å²) in [6.07, 6.45) is 1.89. The van der Waals surface area contributed by atoms with Gasteiger partial charge >= 0.3 is 0 Å². The molecule has 1 heterocycles. The van der Waals surface area contributed by atoms with E-state index < -0.39 is 5.91 Å². The highest BCUT2D eigenvalue weighted by atomic mass is 32.2. The first-order valence-electron chi connectivity index (χ1n) is 4.63. The molecule has 0 fully saturated rings. The Morgan fingerprint density at radius 1 is 1.38 bits per heavy atom. The fourth-order valence-electron chi connectivity index (χ4n) is 1.42. The molecule has 0 spiro atoms. The van der Waals surface area contributed by atoms with E-state index >= 15 is 0 Å². The molecule has 1 aromatic carbocycles. The number of hydrogen-bond donors (Lipinski definition) is 1. The van der Waals surface area contributed by atoms with Crippen LogP contribution in [0.1, 0.15) is 10.4 Å². The highest BCUT2D eigenvalue weighted by molar-refractivity contribution is 7.98. The molecular formula is C11H10N2OS2. The SMILES string of the molecule is CSc1nsc(-c2ccccc2)c1C(N)=O. The summed E-state index contributed by atoms with van der Waals surface area (Å²) in [6, 6.07) is 9.69. The minimum atomic E-state index is -0.419. The van der Waals surface area contributed by atoms with Gasteiger partial charge in [-0.2, -0.15) is 4.37 Å². The molecule has 16 heavy (non-hydrogen) atoms. The van der Waals surface area contributed by atoms with Gasteiger partial charge in [-0.15, -0.1) is 11.8 Å². The molecule has 0 radical (unpaired) electrons. The van der Waals surface area contributed by atoms with Gasteiger partial charge in [0.15, 0.2) is 0 Å². The van der Waals surface area contributed by atoms with Crippen LogP contribution in [0.4, 0.5) is 0 Å². The van der Waals surface area contributed by atoms with Crippen LogP contribution in [0.15, 0.2) is 35.4 Å². The molecule has 2 rings (SSSR count). The van der Waals surface area contributed by atoms with E-state index in [2.05, 4.69) is 4.37 Å². The fourth-order valence-corrected chi connectivity index (χ4v) is 3.10. The Morgan fingerprint density at radius 3 is 2.62 bits per heavy atom. The van der Waals surface area contributed by atoms with E-state index in [9.17, 15) is 4.79 Å². The minimum absolute atomic E-state index is 0.419. The summed E-state index contributed by atoms with van der Waals surface area (Å²) in [4.78, 5) is 12.3. The predicted molar refractivity (Wildman–Crippen MR) is 67.8 cm³/mol. The molecule has 82 valence electrons. The van der Waals surface area contributed by atoms with Crippen molar-refractivity contribution in [3.8, 4) is 10.4 Å². The Hall–Kier alpha value is -1.33. The van der Waals surface area contributed by atoms with E-state index in [1.807, 2.05) is 36.6 Å². The molecule has 3 nitrogen and oxygen atoms in total. The molecule has 0 aliphatic rings. The van der Waals surface area contributed by atoms with Gasteiger partial charge < -0.3 is 5.73 Å². The lowest BCUT2D eigenvalue weighted by molar-refractivity contribution is 0.0998. The van der Waals surface area contributed by atoms with E-state index in [-0.39, 0.29) is 0 Å². The summed E-state index contributed by atoms with van der Waals surface area (Å²) < 4.78 is 4.24. The highest BCUT2D eigenvalue weighted by Gasteiger charge is 2.18. The van der Waals surface area contributed by atoms with Gasteiger partial charge in [-0.3, -0.25) is 4.79 Å². The van der Waals surface area contributed by atoms with Crippen molar-refractivity contribution in [1.82, 2.24) is 4.37 Å². The number of aromatic nitrogens is 1. The number of nitrogens with two attached hydrogens (primary N) is 1. The van der Waals surface area contributed by atoms with Gasteiger partial charge in [-0.05, 0) is 23.4 Å². The van der Waals surface area contributed by atoms with Crippen LogP contribution in [0.25, 0.3) is 10.4 Å². The first-order chi connectivity index (χ1) is 7.74. The molecule has 0 atom stereocenters. The molecule has 0 saturated carbocycles. The average Bonchev–Trinajstić information content (AvgIpc) is 2.73. The van der Waals surface area contributed by atoms with Gasteiger partial charge in [0.05, 0.1) is 10.4 Å². The lowest BCUT2D eigenvalue weighted by Gasteiger charge is -2.00. The normalized spacial score (nSPS) is 10.3. The van der Waals surface area contributed by atoms with Gasteiger partial charge in [-0.25, -0.2) is 0 Å². The van der Waals surface area contributed by atoms with E-state index in [0.717, 1.165) is 10.4 Å². The topological polar surface area (TPSA) is 56.0 Å². The molecule has 0 bridgehead atoms. The van der Waals surface area contributed by atoms with Crippen LogP contribution < -0.4 is 5.73 Å². The molecular weight excluding hydrogens is 240 g/mol. The average molecular weight is 250 g/mol. The second kappa shape index (κ2) is 4.67. The lowest BCUT2D eigenvalue weighted by Crippen LogP contribution is -2.12. The second-order valence-electron chi connectivity index (χ2n) is 3.13. The monoisotopic (exact) mass is 250 g/mol. The summed E-state index contributed by atoms with van der Waals surface area (Å²) in [5.41, 5.74) is 6.90. The summed E-state index contributed by atoms with van der Waals surface area (Å²) in [5.74, 6) is -0.419. The van der Waals surface area contributed by atoms with E-state index in [0.29, 0.717) is 10.6 Å². The molecule has 1 aromatic heterocycles. The molecule has 0 aliphatic heterocycles. The van der Waals surface area contributed by atoms with E-state index in [1.54, 1.807) is 0 Å².